The Kier molecular flexibility index (Phi) is 3.62. The molecule has 94 valence electrons. The van der Waals surface area contributed by atoms with Crippen LogP contribution in [0.25, 0.3) is 0 Å². The summed E-state index contributed by atoms with van der Waals surface area (Å²) in [6.07, 6.45) is 1.30. The van der Waals surface area contributed by atoms with Crippen molar-refractivity contribution in [3.05, 3.63) is 53.5 Å². The summed E-state index contributed by atoms with van der Waals surface area (Å²) in [5, 5.41) is 8.89. The van der Waals surface area contributed by atoms with Crippen LogP contribution in [-0.4, -0.2) is 15.3 Å². The van der Waals surface area contributed by atoms with Crippen molar-refractivity contribution in [3.63, 3.8) is 0 Å². The lowest BCUT2D eigenvalue weighted by Gasteiger charge is -2.02. The number of benzene rings is 1. The first-order chi connectivity index (χ1) is 8.58. The summed E-state index contributed by atoms with van der Waals surface area (Å²) in [6, 6.07) is 8.88. The van der Waals surface area contributed by atoms with Gasteiger partial charge in [-0.3, -0.25) is 4.21 Å². The Morgan fingerprint density at radius 1 is 1.39 bits per heavy atom. The van der Waals surface area contributed by atoms with Gasteiger partial charge in [0.2, 0.25) is 5.76 Å². The third kappa shape index (κ3) is 2.68. The van der Waals surface area contributed by atoms with Crippen molar-refractivity contribution in [2.24, 2.45) is 0 Å². The number of rotatable bonds is 4. The first kappa shape index (κ1) is 12.6. The molecule has 1 heterocycles. The minimum atomic E-state index is -1.27. The number of aryl methyl sites for hydroxylation is 1. The van der Waals surface area contributed by atoms with E-state index in [9.17, 15) is 9.00 Å². The molecule has 0 aliphatic heterocycles. The van der Waals surface area contributed by atoms with Crippen LogP contribution in [-0.2, 0) is 16.6 Å². The second kappa shape index (κ2) is 5.18. The molecule has 5 heteroatoms. The summed E-state index contributed by atoms with van der Waals surface area (Å²) in [7, 11) is -1.27. The Labute approximate surface area is 107 Å². The van der Waals surface area contributed by atoms with Crippen LogP contribution in [0.4, 0.5) is 0 Å². The number of aromatic carboxylic acids is 1. The predicted octanol–water partition coefficient (Wildman–Crippen LogP) is 2.59. The maximum absolute atomic E-state index is 12.1. The largest absolute Gasteiger partial charge is 0.475 e. The fourth-order valence-electron chi connectivity index (χ4n) is 1.62. The Morgan fingerprint density at radius 3 is 2.83 bits per heavy atom. The third-order valence-electron chi connectivity index (χ3n) is 2.48. The van der Waals surface area contributed by atoms with Crippen LogP contribution in [0.2, 0.25) is 0 Å². The molecule has 0 saturated carbocycles. The number of carbonyl (C=O) groups is 1. The average molecular weight is 264 g/mol. The van der Waals surface area contributed by atoms with Crippen LogP contribution in [0.1, 0.15) is 21.7 Å². The highest BCUT2D eigenvalue weighted by Crippen LogP contribution is 2.17. The molecular weight excluding hydrogens is 252 g/mol. The Bertz CT molecular complexity index is 601. The van der Waals surface area contributed by atoms with Gasteiger partial charge < -0.3 is 9.52 Å². The minimum absolute atomic E-state index is 0.140. The van der Waals surface area contributed by atoms with Crippen molar-refractivity contribution in [2.45, 2.75) is 17.6 Å². The standard InChI is InChI=1S/C13H12O4S/c1-9-3-2-4-11(7-9)18(16)8-10-5-6-17-12(10)13(14)15/h2-7H,8H2,1H3,(H,14,15). The summed E-state index contributed by atoms with van der Waals surface area (Å²) in [6.45, 7) is 1.92. The molecule has 1 aromatic carbocycles. The van der Waals surface area contributed by atoms with Crippen LogP contribution in [0.5, 0.6) is 0 Å². The van der Waals surface area contributed by atoms with Gasteiger partial charge in [0.25, 0.3) is 0 Å². The van der Waals surface area contributed by atoms with Crippen molar-refractivity contribution in [2.75, 3.05) is 0 Å². The van der Waals surface area contributed by atoms with E-state index < -0.39 is 16.8 Å². The molecule has 0 aliphatic carbocycles. The zero-order chi connectivity index (χ0) is 13.1. The predicted molar refractivity (Wildman–Crippen MR) is 67.0 cm³/mol. The molecule has 1 unspecified atom stereocenters. The summed E-state index contributed by atoms with van der Waals surface area (Å²) in [5.74, 6) is -1.14. The molecule has 0 radical (unpaired) electrons. The lowest BCUT2D eigenvalue weighted by molar-refractivity contribution is 0.0661. The van der Waals surface area contributed by atoms with E-state index in [1.807, 2.05) is 25.1 Å². The molecule has 1 N–H and O–H groups in total. The lowest BCUT2D eigenvalue weighted by Crippen LogP contribution is -2.02. The van der Waals surface area contributed by atoms with Crippen molar-refractivity contribution < 1.29 is 18.5 Å². The van der Waals surface area contributed by atoms with Crippen LogP contribution < -0.4 is 0 Å². The maximum atomic E-state index is 12.1. The first-order valence-electron chi connectivity index (χ1n) is 5.32. The van der Waals surface area contributed by atoms with Crippen molar-refractivity contribution in [1.29, 1.82) is 0 Å². The molecule has 4 nitrogen and oxygen atoms in total. The molecule has 0 aliphatic rings. The van der Waals surface area contributed by atoms with E-state index in [1.54, 1.807) is 6.07 Å². The molecule has 2 aromatic rings. The van der Waals surface area contributed by atoms with E-state index >= 15 is 0 Å². The van der Waals surface area contributed by atoms with Crippen molar-refractivity contribution >= 4 is 16.8 Å². The van der Waals surface area contributed by atoms with E-state index in [-0.39, 0.29) is 11.5 Å². The highest BCUT2D eigenvalue weighted by molar-refractivity contribution is 7.84. The van der Waals surface area contributed by atoms with Crippen LogP contribution in [0.15, 0.2) is 45.9 Å². The summed E-state index contributed by atoms with van der Waals surface area (Å²) in [4.78, 5) is 11.5. The Balaban J connectivity index is 2.21. The second-order valence-corrected chi connectivity index (χ2v) is 5.34. The van der Waals surface area contributed by atoms with Gasteiger partial charge in [0.05, 0.1) is 22.8 Å². The fourth-order valence-corrected chi connectivity index (χ4v) is 2.84. The third-order valence-corrected chi connectivity index (χ3v) is 3.83. The molecule has 0 bridgehead atoms. The van der Waals surface area contributed by atoms with Gasteiger partial charge in [-0.25, -0.2) is 4.79 Å². The SMILES string of the molecule is Cc1cccc(S(=O)Cc2ccoc2C(=O)O)c1. The van der Waals surface area contributed by atoms with Gasteiger partial charge in [0, 0.05) is 10.5 Å². The highest BCUT2D eigenvalue weighted by Gasteiger charge is 2.16. The second-order valence-electron chi connectivity index (χ2n) is 3.89. The van der Waals surface area contributed by atoms with Crippen molar-refractivity contribution in [3.8, 4) is 0 Å². The number of hydrogen-bond acceptors (Lipinski definition) is 3. The molecule has 1 aromatic heterocycles. The Morgan fingerprint density at radius 2 is 2.17 bits per heavy atom. The van der Waals surface area contributed by atoms with E-state index in [0.29, 0.717) is 10.5 Å². The number of furan rings is 1. The maximum Gasteiger partial charge on any atom is 0.372 e. The lowest BCUT2D eigenvalue weighted by atomic mass is 10.2. The topological polar surface area (TPSA) is 67.5 Å². The van der Waals surface area contributed by atoms with Crippen LogP contribution in [0.3, 0.4) is 0 Å². The molecule has 0 saturated heterocycles. The van der Waals surface area contributed by atoms with Crippen LogP contribution >= 0.6 is 0 Å². The van der Waals surface area contributed by atoms with Gasteiger partial charge >= 0.3 is 5.97 Å². The highest BCUT2D eigenvalue weighted by atomic mass is 32.2. The molecule has 18 heavy (non-hydrogen) atoms. The molecule has 0 amide bonds. The minimum Gasteiger partial charge on any atom is -0.475 e. The van der Waals surface area contributed by atoms with E-state index in [2.05, 4.69) is 0 Å². The molecule has 1 atom stereocenters. The summed E-state index contributed by atoms with van der Waals surface area (Å²) < 4.78 is 17.0. The van der Waals surface area contributed by atoms with Gasteiger partial charge in [0.15, 0.2) is 0 Å². The molecular formula is C13H12O4S. The number of carboxylic acids is 1. The monoisotopic (exact) mass is 264 g/mol. The smallest absolute Gasteiger partial charge is 0.372 e. The van der Waals surface area contributed by atoms with Gasteiger partial charge in [-0.1, -0.05) is 12.1 Å². The van der Waals surface area contributed by atoms with Gasteiger partial charge in [-0.15, -0.1) is 0 Å². The average Bonchev–Trinajstić information content (AvgIpc) is 2.77. The zero-order valence-electron chi connectivity index (χ0n) is 9.75. The van der Waals surface area contributed by atoms with Gasteiger partial charge in [-0.2, -0.15) is 0 Å². The van der Waals surface area contributed by atoms with E-state index in [4.69, 9.17) is 9.52 Å². The number of hydrogen-bond donors (Lipinski definition) is 1. The van der Waals surface area contributed by atoms with Gasteiger partial charge in [-0.05, 0) is 30.7 Å². The van der Waals surface area contributed by atoms with Crippen LogP contribution in [0, 0.1) is 6.92 Å². The summed E-state index contributed by atoms with van der Waals surface area (Å²) >= 11 is 0. The molecule has 0 fully saturated rings. The number of carboxylic acid groups (broad SMARTS) is 1. The normalized spacial score (nSPS) is 12.3. The quantitative estimate of drug-likeness (QED) is 0.921. The van der Waals surface area contributed by atoms with E-state index in [0.717, 1.165) is 5.56 Å². The van der Waals surface area contributed by atoms with E-state index in [1.165, 1.54) is 12.3 Å². The fraction of sp³-hybridized carbons (Fsp3) is 0.154. The van der Waals surface area contributed by atoms with Crippen molar-refractivity contribution in [1.82, 2.24) is 0 Å². The van der Waals surface area contributed by atoms with Gasteiger partial charge in [0.1, 0.15) is 0 Å². The molecule has 0 spiro atoms. The molecule has 2 rings (SSSR count). The first-order valence-corrected chi connectivity index (χ1v) is 6.64. The zero-order valence-corrected chi connectivity index (χ0v) is 10.6. The summed E-state index contributed by atoms with van der Waals surface area (Å²) in [5.41, 5.74) is 1.47. The Hall–Kier alpha value is -1.88.